The molecule has 1 unspecified atom stereocenters. The zero-order valence-corrected chi connectivity index (χ0v) is 10.6. The maximum atomic E-state index is 10.5. The van der Waals surface area contributed by atoms with Crippen LogP contribution in [0.2, 0.25) is 0 Å². The standard InChI is InChI=1S/C13H20N2O2/c1-14(8-11-4-3-7-15(11)2)9-12-5-6-13(10-16)17-12/h5-6,10-11H,3-4,7-9H2,1-2H3. The number of likely N-dealkylation sites (tertiary alicyclic amines) is 1. The lowest BCUT2D eigenvalue weighted by Gasteiger charge is -2.25. The fourth-order valence-corrected chi connectivity index (χ4v) is 2.44. The van der Waals surface area contributed by atoms with Crippen LogP contribution in [-0.2, 0) is 6.54 Å². The third-order valence-electron chi connectivity index (χ3n) is 3.42. The first kappa shape index (κ1) is 12.3. The van der Waals surface area contributed by atoms with Crippen molar-refractivity contribution in [3.8, 4) is 0 Å². The molecule has 0 amide bonds. The van der Waals surface area contributed by atoms with Gasteiger partial charge in [-0.15, -0.1) is 0 Å². The SMILES string of the molecule is CN(Cc1ccc(C=O)o1)CC1CCCN1C. The number of hydrogen-bond acceptors (Lipinski definition) is 4. The van der Waals surface area contributed by atoms with E-state index in [0.29, 0.717) is 11.8 Å². The fourth-order valence-electron chi connectivity index (χ4n) is 2.44. The molecule has 94 valence electrons. The Morgan fingerprint density at radius 3 is 3.00 bits per heavy atom. The Bertz CT molecular complexity index is 375. The van der Waals surface area contributed by atoms with Gasteiger partial charge in [0.2, 0.25) is 0 Å². The highest BCUT2D eigenvalue weighted by molar-refractivity contribution is 5.70. The largest absolute Gasteiger partial charge is 0.457 e. The minimum Gasteiger partial charge on any atom is -0.457 e. The number of rotatable bonds is 5. The summed E-state index contributed by atoms with van der Waals surface area (Å²) in [6.45, 7) is 3.01. The number of carbonyl (C=O) groups excluding carboxylic acids is 1. The second-order valence-corrected chi connectivity index (χ2v) is 4.90. The minimum atomic E-state index is 0.409. The first-order valence-electron chi connectivity index (χ1n) is 6.11. The lowest BCUT2D eigenvalue weighted by molar-refractivity contribution is 0.109. The van der Waals surface area contributed by atoms with Crippen LogP contribution in [0.25, 0.3) is 0 Å². The molecule has 1 aromatic heterocycles. The van der Waals surface area contributed by atoms with Crippen LogP contribution in [0.4, 0.5) is 0 Å². The summed E-state index contributed by atoms with van der Waals surface area (Å²) in [5.41, 5.74) is 0. The summed E-state index contributed by atoms with van der Waals surface area (Å²) >= 11 is 0. The maximum Gasteiger partial charge on any atom is 0.185 e. The van der Waals surface area contributed by atoms with Gasteiger partial charge in [0, 0.05) is 12.6 Å². The molecule has 0 aromatic carbocycles. The van der Waals surface area contributed by atoms with Crippen molar-refractivity contribution < 1.29 is 9.21 Å². The molecular weight excluding hydrogens is 216 g/mol. The van der Waals surface area contributed by atoms with E-state index in [-0.39, 0.29) is 0 Å². The molecule has 1 aliphatic heterocycles. The maximum absolute atomic E-state index is 10.5. The summed E-state index contributed by atoms with van der Waals surface area (Å²) in [4.78, 5) is 15.2. The minimum absolute atomic E-state index is 0.409. The lowest BCUT2D eigenvalue weighted by atomic mass is 10.2. The van der Waals surface area contributed by atoms with Crippen LogP contribution in [0.5, 0.6) is 0 Å². The van der Waals surface area contributed by atoms with Crippen molar-refractivity contribution in [1.29, 1.82) is 0 Å². The van der Waals surface area contributed by atoms with Gasteiger partial charge in [0.25, 0.3) is 0 Å². The van der Waals surface area contributed by atoms with Gasteiger partial charge in [-0.1, -0.05) is 0 Å². The smallest absolute Gasteiger partial charge is 0.185 e. The number of nitrogens with zero attached hydrogens (tertiary/aromatic N) is 2. The molecule has 0 spiro atoms. The molecule has 0 radical (unpaired) electrons. The normalized spacial score (nSPS) is 21.2. The van der Waals surface area contributed by atoms with Crippen molar-refractivity contribution in [3.63, 3.8) is 0 Å². The summed E-state index contributed by atoms with van der Waals surface area (Å²) in [6.07, 6.45) is 3.32. The van der Waals surface area contributed by atoms with E-state index in [1.165, 1.54) is 19.4 Å². The zero-order valence-electron chi connectivity index (χ0n) is 10.6. The van der Waals surface area contributed by atoms with Gasteiger partial charge >= 0.3 is 0 Å². The van der Waals surface area contributed by atoms with Gasteiger partial charge in [-0.25, -0.2) is 0 Å². The predicted molar refractivity (Wildman–Crippen MR) is 66.1 cm³/mol. The quantitative estimate of drug-likeness (QED) is 0.728. The Morgan fingerprint density at radius 2 is 2.41 bits per heavy atom. The number of hydrogen-bond donors (Lipinski definition) is 0. The average Bonchev–Trinajstić information content (AvgIpc) is 2.89. The molecule has 17 heavy (non-hydrogen) atoms. The molecule has 0 N–H and O–H groups in total. The van der Waals surface area contributed by atoms with Crippen LogP contribution in [0.15, 0.2) is 16.5 Å². The summed E-state index contributed by atoms with van der Waals surface area (Å²) in [7, 11) is 4.28. The van der Waals surface area contributed by atoms with Crippen LogP contribution in [0.1, 0.15) is 29.2 Å². The monoisotopic (exact) mass is 236 g/mol. The predicted octanol–water partition coefficient (Wildman–Crippen LogP) is 1.62. The van der Waals surface area contributed by atoms with Crippen molar-refractivity contribution in [2.24, 2.45) is 0 Å². The molecule has 2 rings (SSSR count). The van der Waals surface area contributed by atoms with E-state index >= 15 is 0 Å². The van der Waals surface area contributed by atoms with Crippen LogP contribution >= 0.6 is 0 Å². The summed E-state index contributed by atoms with van der Waals surface area (Å²) in [6, 6.07) is 4.25. The van der Waals surface area contributed by atoms with Gasteiger partial charge in [0.05, 0.1) is 6.54 Å². The lowest BCUT2D eigenvalue weighted by Crippen LogP contribution is -2.36. The molecule has 2 heterocycles. The van der Waals surface area contributed by atoms with Gasteiger partial charge in [-0.05, 0) is 45.6 Å². The molecule has 4 nitrogen and oxygen atoms in total. The van der Waals surface area contributed by atoms with Gasteiger partial charge in [0.1, 0.15) is 5.76 Å². The van der Waals surface area contributed by atoms with Crippen molar-refractivity contribution in [3.05, 3.63) is 23.7 Å². The van der Waals surface area contributed by atoms with E-state index in [0.717, 1.165) is 25.1 Å². The van der Waals surface area contributed by atoms with Crippen molar-refractivity contribution in [2.45, 2.75) is 25.4 Å². The Labute approximate surface area is 102 Å². The number of carbonyl (C=O) groups is 1. The highest BCUT2D eigenvalue weighted by atomic mass is 16.3. The van der Waals surface area contributed by atoms with Crippen LogP contribution in [0, 0.1) is 0 Å². The van der Waals surface area contributed by atoms with E-state index in [2.05, 4.69) is 23.9 Å². The highest BCUT2D eigenvalue weighted by Crippen LogP contribution is 2.16. The summed E-state index contributed by atoms with van der Waals surface area (Å²) in [5.74, 6) is 1.27. The molecule has 1 aromatic rings. The van der Waals surface area contributed by atoms with Gasteiger partial charge in [-0.3, -0.25) is 9.69 Å². The second-order valence-electron chi connectivity index (χ2n) is 4.90. The molecule has 1 atom stereocenters. The van der Waals surface area contributed by atoms with E-state index in [9.17, 15) is 4.79 Å². The van der Waals surface area contributed by atoms with E-state index < -0.39 is 0 Å². The van der Waals surface area contributed by atoms with E-state index in [1.807, 2.05) is 6.07 Å². The molecular formula is C13H20N2O2. The van der Waals surface area contributed by atoms with Crippen LogP contribution in [0.3, 0.4) is 0 Å². The number of likely N-dealkylation sites (N-methyl/N-ethyl adjacent to an activating group) is 2. The Kier molecular flexibility index (Phi) is 3.97. The van der Waals surface area contributed by atoms with Crippen molar-refractivity contribution in [2.75, 3.05) is 27.2 Å². The highest BCUT2D eigenvalue weighted by Gasteiger charge is 2.22. The first-order chi connectivity index (χ1) is 8.19. The number of aldehydes is 1. The van der Waals surface area contributed by atoms with Crippen LogP contribution < -0.4 is 0 Å². The van der Waals surface area contributed by atoms with Crippen molar-refractivity contribution >= 4 is 6.29 Å². The molecule has 1 fully saturated rings. The van der Waals surface area contributed by atoms with Crippen molar-refractivity contribution in [1.82, 2.24) is 9.80 Å². The Hall–Kier alpha value is -1.13. The van der Waals surface area contributed by atoms with E-state index in [4.69, 9.17) is 4.42 Å². The van der Waals surface area contributed by atoms with Gasteiger partial charge in [-0.2, -0.15) is 0 Å². The molecule has 4 heteroatoms. The first-order valence-corrected chi connectivity index (χ1v) is 6.11. The molecule has 1 saturated heterocycles. The molecule has 0 aliphatic carbocycles. The Balaban J connectivity index is 1.84. The molecule has 0 bridgehead atoms. The second kappa shape index (κ2) is 5.47. The summed E-state index contributed by atoms with van der Waals surface area (Å²) in [5, 5.41) is 0. The zero-order chi connectivity index (χ0) is 12.3. The summed E-state index contributed by atoms with van der Waals surface area (Å²) < 4.78 is 5.37. The molecule has 0 saturated carbocycles. The average molecular weight is 236 g/mol. The Morgan fingerprint density at radius 1 is 1.59 bits per heavy atom. The third kappa shape index (κ3) is 3.17. The van der Waals surface area contributed by atoms with Crippen LogP contribution in [-0.4, -0.2) is 49.3 Å². The number of furan rings is 1. The molecule has 1 aliphatic rings. The van der Waals surface area contributed by atoms with E-state index in [1.54, 1.807) is 6.07 Å². The topological polar surface area (TPSA) is 36.7 Å². The van der Waals surface area contributed by atoms with Gasteiger partial charge in [0.15, 0.2) is 12.0 Å². The van der Waals surface area contributed by atoms with Gasteiger partial charge < -0.3 is 9.32 Å². The third-order valence-corrected chi connectivity index (χ3v) is 3.42. The fraction of sp³-hybridized carbons (Fsp3) is 0.615.